The van der Waals surface area contributed by atoms with Crippen molar-refractivity contribution in [3.8, 4) is 22.6 Å². The van der Waals surface area contributed by atoms with Crippen LogP contribution in [0.5, 0.6) is 0 Å². The fourth-order valence-electron chi connectivity index (χ4n) is 4.79. The number of hydrogen-bond donors (Lipinski definition) is 1. The summed E-state index contributed by atoms with van der Waals surface area (Å²) >= 11 is 6.21. The predicted octanol–water partition coefficient (Wildman–Crippen LogP) is 6.08. The number of benzene rings is 2. The lowest BCUT2D eigenvalue weighted by Gasteiger charge is -2.45. The van der Waals surface area contributed by atoms with Crippen molar-refractivity contribution in [2.45, 2.75) is 18.9 Å². The van der Waals surface area contributed by atoms with Gasteiger partial charge in [-0.05, 0) is 49.2 Å². The molecule has 8 heteroatoms. The molecule has 2 bridgehead atoms. The lowest BCUT2D eigenvalue weighted by atomic mass is 9.99. The Hall–Kier alpha value is -3.84. The number of anilines is 3. The molecule has 0 unspecified atom stereocenters. The van der Waals surface area contributed by atoms with Gasteiger partial charge in [0.2, 0.25) is 0 Å². The van der Waals surface area contributed by atoms with E-state index >= 15 is 0 Å². The molecule has 0 aliphatic carbocycles. The molecule has 170 valence electrons. The summed E-state index contributed by atoms with van der Waals surface area (Å²) < 4.78 is 5.40. The number of piperidine rings is 1. The van der Waals surface area contributed by atoms with Crippen molar-refractivity contribution in [3.63, 3.8) is 0 Å². The van der Waals surface area contributed by atoms with E-state index in [1.165, 1.54) is 6.39 Å². The van der Waals surface area contributed by atoms with Crippen molar-refractivity contribution in [1.82, 2.24) is 9.97 Å². The highest BCUT2D eigenvalue weighted by molar-refractivity contribution is 6.30. The van der Waals surface area contributed by atoms with Crippen LogP contribution in [0.25, 0.3) is 22.6 Å². The van der Waals surface area contributed by atoms with E-state index in [4.69, 9.17) is 21.0 Å². The van der Waals surface area contributed by atoms with Gasteiger partial charge in [-0.25, -0.2) is 14.8 Å². The van der Waals surface area contributed by atoms with Crippen LogP contribution in [0.1, 0.15) is 12.8 Å². The molecule has 1 fully saturated rings. The number of nitrogens with zero attached hydrogens (tertiary/aromatic N) is 4. The van der Waals surface area contributed by atoms with E-state index in [2.05, 4.69) is 21.3 Å². The van der Waals surface area contributed by atoms with E-state index in [0.717, 1.165) is 48.4 Å². The van der Waals surface area contributed by atoms with Gasteiger partial charge in [0, 0.05) is 34.9 Å². The zero-order chi connectivity index (χ0) is 23.1. The van der Waals surface area contributed by atoms with Crippen LogP contribution < -0.4 is 15.1 Å². The van der Waals surface area contributed by atoms with E-state index in [-0.39, 0.29) is 12.1 Å². The van der Waals surface area contributed by atoms with E-state index in [0.29, 0.717) is 22.3 Å². The van der Waals surface area contributed by atoms with E-state index in [1.807, 2.05) is 59.5 Å². The normalized spacial score (nSPS) is 16.8. The third-order valence-electron chi connectivity index (χ3n) is 6.35. The Kier molecular flexibility index (Phi) is 5.19. The van der Waals surface area contributed by atoms with Gasteiger partial charge in [0.15, 0.2) is 18.0 Å². The Morgan fingerprint density at radius 2 is 1.97 bits per heavy atom. The fraction of sp³-hybridized carbons (Fsp3) is 0.192. The second-order valence-corrected chi connectivity index (χ2v) is 8.97. The maximum absolute atomic E-state index is 13.6. The Morgan fingerprint density at radius 1 is 1.09 bits per heavy atom. The van der Waals surface area contributed by atoms with Gasteiger partial charge in [-0.3, -0.25) is 4.90 Å². The van der Waals surface area contributed by atoms with Crippen LogP contribution in [0.15, 0.2) is 77.7 Å². The van der Waals surface area contributed by atoms with E-state index < -0.39 is 0 Å². The van der Waals surface area contributed by atoms with Crippen LogP contribution in [0.3, 0.4) is 0 Å². The molecule has 7 nitrogen and oxygen atoms in total. The smallest absolute Gasteiger partial charge is 0.327 e. The van der Waals surface area contributed by atoms with Gasteiger partial charge in [-0.2, -0.15) is 0 Å². The average molecular weight is 472 g/mol. The largest absolute Gasteiger partial charge is 0.444 e. The zero-order valence-electron chi connectivity index (χ0n) is 18.3. The first-order chi connectivity index (χ1) is 16.7. The van der Waals surface area contributed by atoms with Crippen LogP contribution in [0, 0.1) is 0 Å². The second kappa shape index (κ2) is 8.50. The molecular weight excluding hydrogens is 450 g/mol. The monoisotopic (exact) mass is 471 g/mol. The number of carbonyl (C=O) groups is 1. The van der Waals surface area contributed by atoms with Crippen LogP contribution in [-0.2, 0) is 0 Å². The number of pyridine rings is 1. The fourth-order valence-corrected chi connectivity index (χ4v) is 4.98. The maximum atomic E-state index is 13.6. The van der Waals surface area contributed by atoms with E-state index in [1.54, 1.807) is 6.20 Å². The standard InChI is InChI=1S/C26H22ClN5O2/c27-19-6-1-4-17(12-19)22-9-10-23-25(30-22)32(21-8-3-11-31(23)15-21)26(33)29-20-7-2-5-18(13-20)24-14-28-16-34-24/h1-2,4-7,9-10,12-14,16,21H,3,8,11,15H2,(H,29,33)/t21-/m1/s1. The molecular formula is C26H22ClN5O2. The van der Waals surface area contributed by atoms with Crippen LogP contribution >= 0.6 is 11.6 Å². The third kappa shape index (κ3) is 3.78. The van der Waals surface area contributed by atoms with Gasteiger partial charge in [0.05, 0.1) is 23.6 Å². The van der Waals surface area contributed by atoms with Gasteiger partial charge in [0.25, 0.3) is 0 Å². The molecule has 4 aromatic rings. The lowest BCUT2D eigenvalue weighted by molar-refractivity contribution is 0.252. The molecule has 0 spiro atoms. The lowest BCUT2D eigenvalue weighted by Crippen LogP contribution is -2.56. The number of rotatable bonds is 3. The highest BCUT2D eigenvalue weighted by Crippen LogP contribution is 2.40. The quantitative estimate of drug-likeness (QED) is 0.392. The van der Waals surface area contributed by atoms with Gasteiger partial charge in [-0.1, -0.05) is 35.9 Å². The highest BCUT2D eigenvalue weighted by atomic mass is 35.5. The summed E-state index contributed by atoms with van der Waals surface area (Å²) in [4.78, 5) is 26.7. The summed E-state index contributed by atoms with van der Waals surface area (Å²) in [6, 6.07) is 19.1. The number of aromatic nitrogens is 2. The first-order valence-corrected chi connectivity index (χ1v) is 11.6. The van der Waals surface area contributed by atoms with Gasteiger partial charge in [-0.15, -0.1) is 0 Å². The molecule has 1 saturated heterocycles. The molecule has 2 aromatic carbocycles. The number of oxazole rings is 1. The molecule has 34 heavy (non-hydrogen) atoms. The first-order valence-electron chi connectivity index (χ1n) is 11.3. The minimum atomic E-state index is -0.196. The maximum Gasteiger partial charge on any atom is 0.327 e. The Labute approximate surface area is 202 Å². The SMILES string of the molecule is O=C(Nc1cccc(-c2cnco2)c1)N1c2nc(-c3cccc(Cl)c3)ccc2N2CCC[C@@H]1C2. The number of halogens is 1. The number of carbonyl (C=O) groups excluding carboxylic acids is 1. The Bertz CT molecular complexity index is 1360. The first kappa shape index (κ1) is 20.7. The summed E-state index contributed by atoms with van der Waals surface area (Å²) in [6.45, 7) is 1.77. The molecule has 2 aromatic heterocycles. The van der Waals surface area contributed by atoms with Crippen molar-refractivity contribution in [2.24, 2.45) is 0 Å². The van der Waals surface area contributed by atoms with Crippen molar-refractivity contribution < 1.29 is 9.21 Å². The van der Waals surface area contributed by atoms with Crippen molar-refractivity contribution in [3.05, 3.63) is 78.3 Å². The van der Waals surface area contributed by atoms with E-state index in [9.17, 15) is 4.79 Å². The van der Waals surface area contributed by atoms with Gasteiger partial charge < -0.3 is 14.6 Å². The highest BCUT2D eigenvalue weighted by Gasteiger charge is 2.38. The molecule has 1 N–H and O–H groups in total. The molecule has 2 aliphatic rings. The predicted molar refractivity (Wildman–Crippen MR) is 133 cm³/mol. The number of amides is 2. The Morgan fingerprint density at radius 3 is 2.82 bits per heavy atom. The summed E-state index contributed by atoms with van der Waals surface area (Å²) in [5, 5.41) is 3.72. The molecule has 1 atom stereocenters. The van der Waals surface area contributed by atoms with Crippen LogP contribution in [0.2, 0.25) is 5.02 Å². The Balaban J connectivity index is 1.36. The number of nitrogens with one attached hydrogen (secondary N) is 1. The van der Waals surface area contributed by atoms with Crippen LogP contribution in [0.4, 0.5) is 22.0 Å². The number of hydrogen-bond acceptors (Lipinski definition) is 5. The zero-order valence-corrected chi connectivity index (χ0v) is 19.1. The van der Waals surface area contributed by atoms with Crippen molar-refractivity contribution >= 4 is 34.8 Å². The summed E-state index contributed by atoms with van der Waals surface area (Å²) in [7, 11) is 0. The molecule has 0 radical (unpaired) electrons. The third-order valence-corrected chi connectivity index (χ3v) is 6.59. The molecule has 6 rings (SSSR count). The molecule has 0 saturated carbocycles. The van der Waals surface area contributed by atoms with Crippen molar-refractivity contribution in [2.75, 3.05) is 28.2 Å². The summed E-state index contributed by atoms with van der Waals surface area (Å²) in [5.41, 5.74) is 4.21. The van der Waals surface area contributed by atoms with Gasteiger partial charge >= 0.3 is 6.03 Å². The topological polar surface area (TPSA) is 74.5 Å². The van der Waals surface area contributed by atoms with Crippen LogP contribution in [-0.4, -0.2) is 35.1 Å². The minimum absolute atomic E-state index is 0.0563. The van der Waals surface area contributed by atoms with Crippen molar-refractivity contribution in [1.29, 1.82) is 0 Å². The number of fused-ring (bicyclic) bond motifs is 4. The average Bonchev–Trinajstić information content (AvgIpc) is 3.39. The summed E-state index contributed by atoms with van der Waals surface area (Å²) in [6.07, 6.45) is 5.01. The molecule has 4 heterocycles. The van der Waals surface area contributed by atoms with Gasteiger partial charge in [0.1, 0.15) is 0 Å². The second-order valence-electron chi connectivity index (χ2n) is 8.54. The summed E-state index contributed by atoms with van der Waals surface area (Å²) in [5.74, 6) is 1.33. The minimum Gasteiger partial charge on any atom is -0.444 e. The number of urea groups is 1. The molecule has 2 aliphatic heterocycles. The molecule has 2 amide bonds.